The van der Waals surface area contributed by atoms with Crippen LogP contribution in [0.5, 0.6) is 0 Å². The molecule has 0 aromatic heterocycles. The van der Waals surface area contributed by atoms with Gasteiger partial charge in [0.05, 0.1) is 0 Å². The van der Waals surface area contributed by atoms with Gasteiger partial charge in [0.25, 0.3) is 5.91 Å². The molecule has 3 heteroatoms. The van der Waals surface area contributed by atoms with Crippen LogP contribution in [0, 0.1) is 0 Å². The number of nitrogens with one attached hydrogen (secondary N) is 1. The second kappa shape index (κ2) is 6.24. The van der Waals surface area contributed by atoms with Gasteiger partial charge in [-0.15, -0.1) is 0 Å². The van der Waals surface area contributed by atoms with Crippen LogP contribution < -0.4 is 11.1 Å². The van der Waals surface area contributed by atoms with Crippen molar-refractivity contribution in [1.29, 1.82) is 0 Å². The second-order valence-corrected chi connectivity index (χ2v) is 5.16. The Morgan fingerprint density at radius 1 is 1.10 bits per heavy atom. The molecule has 1 amide bonds. The third-order valence-electron chi connectivity index (χ3n) is 3.33. The molecule has 104 valence electrons. The van der Waals surface area contributed by atoms with E-state index in [9.17, 15) is 4.79 Å². The van der Waals surface area contributed by atoms with Crippen LogP contribution in [0.2, 0.25) is 0 Å². The molecule has 0 saturated heterocycles. The molecule has 0 spiro atoms. The fourth-order valence-corrected chi connectivity index (χ4v) is 1.99. The van der Waals surface area contributed by atoms with Gasteiger partial charge in [-0.1, -0.05) is 44.2 Å². The first kappa shape index (κ1) is 14.1. The van der Waals surface area contributed by atoms with Gasteiger partial charge in [-0.05, 0) is 35.2 Å². The van der Waals surface area contributed by atoms with E-state index in [2.05, 4.69) is 19.2 Å². The average molecular weight is 268 g/mol. The van der Waals surface area contributed by atoms with E-state index in [1.807, 2.05) is 48.5 Å². The van der Waals surface area contributed by atoms with E-state index in [1.165, 1.54) is 5.56 Å². The summed E-state index contributed by atoms with van der Waals surface area (Å²) in [6.45, 7) is 4.71. The molecule has 3 N–H and O–H groups in total. The second-order valence-electron chi connectivity index (χ2n) is 5.16. The number of anilines is 1. The summed E-state index contributed by atoms with van der Waals surface area (Å²) in [5.41, 5.74) is 9.38. The number of rotatable bonds is 4. The number of carbonyl (C=O) groups is 1. The summed E-state index contributed by atoms with van der Waals surface area (Å²) < 4.78 is 0. The highest BCUT2D eigenvalue weighted by Gasteiger charge is 2.07. The van der Waals surface area contributed by atoms with Crippen LogP contribution in [0.15, 0.2) is 48.5 Å². The van der Waals surface area contributed by atoms with E-state index in [4.69, 9.17) is 5.73 Å². The van der Waals surface area contributed by atoms with E-state index >= 15 is 0 Å². The molecule has 0 aliphatic rings. The topological polar surface area (TPSA) is 55.1 Å². The van der Waals surface area contributed by atoms with Crippen LogP contribution in [-0.2, 0) is 6.54 Å². The molecule has 0 bridgehead atoms. The lowest BCUT2D eigenvalue weighted by Gasteiger charge is -2.09. The van der Waals surface area contributed by atoms with Crippen molar-refractivity contribution in [3.8, 4) is 0 Å². The van der Waals surface area contributed by atoms with Gasteiger partial charge in [-0.25, -0.2) is 0 Å². The van der Waals surface area contributed by atoms with Crippen LogP contribution in [-0.4, -0.2) is 5.91 Å². The van der Waals surface area contributed by atoms with Crippen molar-refractivity contribution in [2.45, 2.75) is 26.3 Å². The first-order chi connectivity index (χ1) is 9.58. The third-order valence-corrected chi connectivity index (χ3v) is 3.33. The molecule has 2 aromatic rings. The van der Waals surface area contributed by atoms with E-state index in [0.29, 0.717) is 23.7 Å². The van der Waals surface area contributed by atoms with Crippen LogP contribution in [0.3, 0.4) is 0 Å². The maximum atomic E-state index is 12.1. The van der Waals surface area contributed by atoms with Crippen molar-refractivity contribution in [3.05, 3.63) is 65.2 Å². The Hall–Kier alpha value is -2.29. The quantitative estimate of drug-likeness (QED) is 0.836. The van der Waals surface area contributed by atoms with E-state index < -0.39 is 0 Å². The van der Waals surface area contributed by atoms with Crippen molar-refractivity contribution in [2.75, 3.05) is 5.73 Å². The van der Waals surface area contributed by atoms with Gasteiger partial charge in [0.15, 0.2) is 0 Å². The summed E-state index contributed by atoms with van der Waals surface area (Å²) in [7, 11) is 0. The average Bonchev–Trinajstić information content (AvgIpc) is 2.46. The monoisotopic (exact) mass is 268 g/mol. The van der Waals surface area contributed by atoms with Crippen molar-refractivity contribution >= 4 is 11.6 Å². The molecule has 3 nitrogen and oxygen atoms in total. The van der Waals surface area contributed by atoms with Gasteiger partial charge in [0.2, 0.25) is 0 Å². The van der Waals surface area contributed by atoms with Gasteiger partial charge >= 0.3 is 0 Å². The molecule has 0 radical (unpaired) electrons. The van der Waals surface area contributed by atoms with Gasteiger partial charge < -0.3 is 11.1 Å². The number of nitrogen functional groups attached to an aromatic ring is 1. The third kappa shape index (κ3) is 3.38. The molecule has 0 unspecified atom stereocenters. The SMILES string of the molecule is CC(C)c1ccc(C(=O)NCc2ccccc2N)cc1. The zero-order valence-electron chi connectivity index (χ0n) is 11.9. The molecule has 0 fully saturated rings. The van der Waals surface area contributed by atoms with Crippen molar-refractivity contribution in [2.24, 2.45) is 0 Å². The maximum Gasteiger partial charge on any atom is 0.251 e. The molecule has 0 aliphatic heterocycles. The summed E-state index contributed by atoms with van der Waals surface area (Å²) in [5, 5.41) is 2.89. The van der Waals surface area contributed by atoms with Crippen LogP contribution in [0.4, 0.5) is 5.69 Å². The smallest absolute Gasteiger partial charge is 0.251 e. The first-order valence-corrected chi connectivity index (χ1v) is 6.79. The Balaban J connectivity index is 2.00. The minimum atomic E-state index is -0.0800. The van der Waals surface area contributed by atoms with Gasteiger partial charge in [-0.3, -0.25) is 4.79 Å². The number of nitrogens with two attached hydrogens (primary N) is 1. The largest absolute Gasteiger partial charge is 0.398 e. The van der Waals surface area contributed by atoms with Crippen molar-refractivity contribution in [3.63, 3.8) is 0 Å². The minimum Gasteiger partial charge on any atom is -0.398 e. The van der Waals surface area contributed by atoms with E-state index in [1.54, 1.807) is 0 Å². The van der Waals surface area contributed by atoms with Gasteiger partial charge in [-0.2, -0.15) is 0 Å². The summed E-state index contributed by atoms with van der Waals surface area (Å²) in [6.07, 6.45) is 0. The van der Waals surface area contributed by atoms with Gasteiger partial charge in [0, 0.05) is 17.8 Å². The lowest BCUT2D eigenvalue weighted by molar-refractivity contribution is 0.0951. The highest BCUT2D eigenvalue weighted by atomic mass is 16.1. The maximum absolute atomic E-state index is 12.1. The molecule has 0 aliphatic carbocycles. The van der Waals surface area contributed by atoms with Crippen LogP contribution in [0.25, 0.3) is 0 Å². The lowest BCUT2D eigenvalue weighted by Crippen LogP contribution is -2.23. The predicted molar refractivity (Wildman–Crippen MR) is 82.6 cm³/mol. The Labute approximate surface area is 119 Å². The van der Waals surface area contributed by atoms with Gasteiger partial charge in [0.1, 0.15) is 0 Å². The number of carbonyl (C=O) groups excluding carboxylic acids is 1. The van der Waals surface area contributed by atoms with Crippen LogP contribution >= 0.6 is 0 Å². The Morgan fingerprint density at radius 3 is 2.35 bits per heavy atom. The summed E-state index contributed by atoms with van der Waals surface area (Å²) >= 11 is 0. The molecule has 20 heavy (non-hydrogen) atoms. The summed E-state index contributed by atoms with van der Waals surface area (Å²) in [4.78, 5) is 12.1. The molecular weight excluding hydrogens is 248 g/mol. The van der Waals surface area contributed by atoms with E-state index in [0.717, 1.165) is 5.56 Å². The summed E-state index contributed by atoms with van der Waals surface area (Å²) in [5.74, 6) is 0.389. The first-order valence-electron chi connectivity index (χ1n) is 6.79. The normalized spacial score (nSPS) is 10.6. The highest BCUT2D eigenvalue weighted by Crippen LogP contribution is 2.15. The van der Waals surface area contributed by atoms with E-state index in [-0.39, 0.29) is 5.91 Å². The minimum absolute atomic E-state index is 0.0800. The number of hydrogen-bond donors (Lipinski definition) is 2. The number of hydrogen-bond acceptors (Lipinski definition) is 2. The van der Waals surface area contributed by atoms with Crippen molar-refractivity contribution in [1.82, 2.24) is 5.32 Å². The molecule has 2 rings (SSSR count). The molecular formula is C17H20N2O. The standard InChI is InChI=1S/C17H20N2O/c1-12(2)13-7-9-14(10-8-13)17(20)19-11-15-5-3-4-6-16(15)18/h3-10,12H,11,18H2,1-2H3,(H,19,20). The lowest BCUT2D eigenvalue weighted by atomic mass is 10.0. The van der Waals surface area contributed by atoms with Crippen molar-refractivity contribution < 1.29 is 4.79 Å². The fourth-order valence-electron chi connectivity index (χ4n) is 1.99. The number of benzene rings is 2. The zero-order chi connectivity index (χ0) is 14.5. The molecule has 2 aromatic carbocycles. The Bertz CT molecular complexity index is 588. The Morgan fingerprint density at radius 2 is 1.75 bits per heavy atom. The molecule has 0 heterocycles. The summed E-state index contributed by atoms with van der Waals surface area (Å²) in [6, 6.07) is 15.3. The number of para-hydroxylation sites is 1. The van der Waals surface area contributed by atoms with Crippen LogP contribution in [0.1, 0.15) is 41.3 Å². The number of amides is 1. The zero-order valence-corrected chi connectivity index (χ0v) is 11.9. The predicted octanol–water partition coefficient (Wildman–Crippen LogP) is 3.32. The molecule has 0 atom stereocenters. The molecule has 0 saturated carbocycles. The fraction of sp³-hybridized carbons (Fsp3) is 0.235. The Kier molecular flexibility index (Phi) is 4.41. The highest BCUT2D eigenvalue weighted by molar-refractivity contribution is 5.94.